The number of amides is 2. The Labute approximate surface area is 291 Å². The first-order valence-electron chi connectivity index (χ1n) is 14.1. The average Bonchev–Trinajstić information content (AvgIpc) is 3.03. The first-order valence-corrected chi connectivity index (χ1v) is 16.0. The SMILES string of the molecule is CCOc1cc([C@H]2NC(=O)NC(C)=C2C(=O)OC)ccc1OC[C@H](O)N/N=C\c1cc(Br)c(OCc2ccc([N+](=O)[O-])cc2)c(I)c1. The van der Waals surface area contributed by atoms with Crippen LogP contribution in [0.5, 0.6) is 17.2 Å². The van der Waals surface area contributed by atoms with E-state index in [-0.39, 0.29) is 24.5 Å². The van der Waals surface area contributed by atoms with Crippen molar-refractivity contribution in [3.63, 3.8) is 0 Å². The molecular formula is C31H31BrIN5O9. The zero-order chi connectivity index (χ0) is 34.1. The number of hydrogen-bond acceptors (Lipinski definition) is 11. The van der Waals surface area contributed by atoms with Gasteiger partial charge in [-0.25, -0.2) is 9.59 Å². The molecule has 14 nitrogen and oxygen atoms in total. The summed E-state index contributed by atoms with van der Waals surface area (Å²) in [4.78, 5) is 35.0. The number of aliphatic hydroxyl groups excluding tert-OH is 1. The van der Waals surface area contributed by atoms with Crippen molar-refractivity contribution in [3.05, 3.63) is 101 Å². The number of rotatable bonds is 14. The van der Waals surface area contributed by atoms with Gasteiger partial charge < -0.3 is 34.7 Å². The van der Waals surface area contributed by atoms with Crippen molar-refractivity contribution in [1.29, 1.82) is 0 Å². The van der Waals surface area contributed by atoms with Crippen LogP contribution in [-0.4, -0.2) is 54.8 Å². The summed E-state index contributed by atoms with van der Waals surface area (Å²) in [6, 6.07) is 13.5. The molecule has 0 unspecified atom stereocenters. The molecule has 47 heavy (non-hydrogen) atoms. The number of halogens is 2. The van der Waals surface area contributed by atoms with Gasteiger partial charge in [-0.1, -0.05) is 6.07 Å². The second-order valence-corrected chi connectivity index (χ2v) is 12.0. The fourth-order valence-corrected chi connectivity index (χ4v) is 6.25. The fourth-order valence-electron chi connectivity index (χ4n) is 4.48. The zero-order valence-corrected chi connectivity index (χ0v) is 29.2. The van der Waals surface area contributed by atoms with E-state index in [1.54, 1.807) is 50.2 Å². The molecule has 4 rings (SSSR count). The molecule has 0 bridgehead atoms. The lowest BCUT2D eigenvalue weighted by Gasteiger charge is -2.28. The Morgan fingerprint density at radius 3 is 2.57 bits per heavy atom. The number of carbonyl (C=O) groups is 2. The predicted octanol–water partition coefficient (Wildman–Crippen LogP) is 5.06. The molecule has 1 aliphatic rings. The lowest BCUT2D eigenvalue weighted by Crippen LogP contribution is -2.45. The van der Waals surface area contributed by atoms with Crippen LogP contribution in [-0.2, 0) is 16.1 Å². The summed E-state index contributed by atoms with van der Waals surface area (Å²) in [7, 11) is 1.27. The lowest BCUT2D eigenvalue weighted by molar-refractivity contribution is -0.384. The number of aliphatic hydroxyl groups is 1. The maximum absolute atomic E-state index is 12.4. The van der Waals surface area contributed by atoms with Gasteiger partial charge in [-0.05, 0) is 105 Å². The molecule has 16 heteroatoms. The second-order valence-electron chi connectivity index (χ2n) is 9.94. The lowest BCUT2D eigenvalue weighted by atomic mass is 9.95. The van der Waals surface area contributed by atoms with Gasteiger partial charge in [0.1, 0.15) is 19.0 Å². The van der Waals surface area contributed by atoms with Crippen LogP contribution in [0.2, 0.25) is 0 Å². The smallest absolute Gasteiger partial charge is 0.337 e. The molecule has 0 spiro atoms. The molecule has 0 fully saturated rings. The number of nitrogens with zero attached hydrogens (tertiary/aromatic N) is 2. The van der Waals surface area contributed by atoms with E-state index in [0.717, 1.165) is 14.7 Å². The maximum atomic E-state index is 12.4. The topological polar surface area (TPSA) is 183 Å². The summed E-state index contributed by atoms with van der Waals surface area (Å²) < 4.78 is 23.9. The summed E-state index contributed by atoms with van der Waals surface area (Å²) in [5, 5.41) is 30.7. The van der Waals surface area contributed by atoms with Crippen LogP contribution >= 0.6 is 38.5 Å². The Bertz CT molecular complexity index is 1680. The summed E-state index contributed by atoms with van der Waals surface area (Å²) >= 11 is 5.64. The number of benzene rings is 3. The molecular weight excluding hydrogens is 793 g/mol. The number of hydrogen-bond donors (Lipinski definition) is 4. The van der Waals surface area contributed by atoms with Crippen LogP contribution in [0.25, 0.3) is 0 Å². The highest BCUT2D eigenvalue weighted by Crippen LogP contribution is 2.35. The van der Waals surface area contributed by atoms with Crippen molar-refractivity contribution in [2.24, 2.45) is 5.10 Å². The largest absolute Gasteiger partial charge is 0.490 e. The number of methoxy groups -OCH3 is 1. The minimum atomic E-state index is -1.17. The van der Waals surface area contributed by atoms with Crippen LogP contribution in [0.3, 0.4) is 0 Å². The Balaban J connectivity index is 1.36. The first kappa shape index (κ1) is 35.4. The highest BCUT2D eigenvalue weighted by atomic mass is 127. The van der Waals surface area contributed by atoms with Gasteiger partial charge in [0.25, 0.3) is 5.69 Å². The third-order valence-electron chi connectivity index (χ3n) is 6.66. The van der Waals surface area contributed by atoms with Crippen molar-refractivity contribution in [1.82, 2.24) is 16.1 Å². The zero-order valence-electron chi connectivity index (χ0n) is 25.4. The number of hydrazone groups is 1. The highest BCUT2D eigenvalue weighted by molar-refractivity contribution is 14.1. The van der Waals surface area contributed by atoms with Gasteiger partial charge in [0.2, 0.25) is 0 Å². The predicted molar refractivity (Wildman–Crippen MR) is 183 cm³/mol. The molecule has 0 aliphatic carbocycles. The Kier molecular flexibility index (Phi) is 12.4. The average molecular weight is 824 g/mol. The molecule has 0 aromatic heterocycles. The van der Waals surface area contributed by atoms with Gasteiger partial charge in [-0.3, -0.25) is 15.5 Å². The molecule has 0 saturated carbocycles. The number of nitro benzene ring substituents is 1. The van der Waals surface area contributed by atoms with Crippen LogP contribution < -0.4 is 30.3 Å². The van der Waals surface area contributed by atoms with Gasteiger partial charge in [0, 0.05) is 17.8 Å². The van der Waals surface area contributed by atoms with E-state index in [4.69, 9.17) is 18.9 Å². The fraction of sp³-hybridized carbons (Fsp3) is 0.258. The monoisotopic (exact) mass is 823 g/mol. The van der Waals surface area contributed by atoms with E-state index in [1.165, 1.54) is 25.5 Å². The van der Waals surface area contributed by atoms with Crippen molar-refractivity contribution in [2.75, 3.05) is 20.3 Å². The van der Waals surface area contributed by atoms with E-state index in [9.17, 15) is 24.8 Å². The van der Waals surface area contributed by atoms with E-state index in [0.29, 0.717) is 39.6 Å². The van der Waals surface area contributed by atoms with Crippen LogP contribution in [0, 0.1) is 13.7 Å². The molecule has 2 atom stereocenters. The second kappa shape index (κ2) is 16.4. The molecule has 4 N–H and O–H groups in total. The Hall–Kier alpha value is -4.42. The van der Waals surface area contributed by atoms with Gasteiger partial charge in [0.05, 0.1) is 44.5 Å². The molecule has 0 radical (unpaired) electrons. The molecule has 3 aromatic carbocycles. The molecule has 1 aliphatic heterocycles. The minimum Gasteiger partial charge on any atom is -0.490 e. The number of nitrogens with one attached hydrogen (secondary N) is 3. The summed E-state index contributed by atoms with van der Waals surface area (Å²) in [5.74, 6) is 0.711. The van der Waals surface area contributed by atoms with Gasteiger partial charge in [-0.2, -0.15) is 5.10 Å². The summed E-state index contributed by atoms with van der Waals surface area (Å²) in [6.07, 6.45) is 0.353. The van der Waals surface area contributed by atoms with Crippen LogP contribution in [0.4, 0.5) is 10.5 Å². The van der Waals surface area contributed by atoms with E-state index in [2.05, 4.69) is 59.7 Å². The van der Waals surface area contributed by atoms with Crippen LogP contribution in [0.15, 0.2) is 75.4 Å². The molecule has 2 amide bonds. The van der Waals surface area contributed by atoms with Crippen molar-refractivity contribution >= 4 is 62.4 Å². The van der Waals surface area contributed by atoms with Crippen molar-refractivity contribution in [3.8, 4) is 17.2 Å². The summed E-state index contributed by atoms with van der Waals surface area (Å²) in [6.45, 7) is 3.78. The standard InChI is InChI=1S/C31H31BrIN5O9/c1-4-45-25-13-20(28-27(30(40)44-3)17(2)35-31(41)36-28)7-10-24(25)46-16-26(39)37-34-14-19-11-22(32)29(23(33)12-19)47-15-18-5-8-21(9-6-18)38(42)43/h5-14,26,28,37,39H,4,15-16H2,1-3H3,(H2,35,36,41)/b34-14-/t26-,28+/m0/s1. The quantitative estimate of drug-likeness (QED) is 0.0428. The third-order valence-corrected chi connectivity index (χ3v) is 8.05. The number of nitro groups is 1. The van der Waals surface area contributed by atoms with Gasteiger partial charge in [-0.15, -0.1) is 0 Å². The number of non-ortho nitro benzene ring substituents is 1. The number of urea groups is 1. The minimum absolute atomic E-state index is 0.0115. The number of esters is 1. The van der Waals surface area contributed by atoms with Crippen molar-refractivity contribution in [2.45, 2.75) is 32.7 Å². The van der Waals surface area contributed by atoms with Gasteiger partial charge in [0.15, 0.2) is 17.7 Å². The van der Waals surface area contributed by atoms with Crippen molar-refractivity contribution < 1.29 is 38.6 Å². The molecule has 3 aromatic rings. The highest BCUT2D eigenvalue weighted by Gasteiger charge is 2.32. The maximum Gasteiger partial charge on any atom is 0.337 e. The molecule has 0 saturated heterocycles. The number of ether oxygens (including phenoxy) is 4. The van der Waals surface area contributed by atoms with Crippen LogP contribution in [0.1, 0.15) is 36.6 Å². The Morgan fingerprint density at radius 2 is 1.91 bits per heavy atom. The summed E-state index contributed by atoms with van der Waals surface area (Å²) in [5.41, 5.74) is 5.34. The number of carbonyl (C=O) groups excluding carboxylic acids is 2. The van der Waals surface area contributed by atoms with E-state index >= 15 is 0 Å². The number of allylic oxidation sites excluding steroid dienone is 1. The van der Waals surface area contributed by atoms with E-state index < -0.39 is 29.2 Å². The molecule has 248 valence electrons. The van der Waals surface area contributed by atoms with Gasteiger partial charge >= 0.3 is 12.0 Å². The molecule has 1 heterocycles. The third kappa shape index (κ3) is 9.32. The van der Waals surface area contributed by atoms with E-state index in [1.807, 2.05) is 6.07 Å². The first-order chi connectivity index (χ1) is 22.5. The Morgan fingerprint density at radius 1 is 1.17 bits per heavy atom. The normalized spacial score (nSPS) is 15.0.